The SMILES string of the molecule is CC(C)COc1ccccc1CN1CCC2(CC1)CCN(C(=O)c1ccc(Cl)c(Cl)c1)C2. The van der Waals surface area contributed by atoms with Crippen LogP contribution in [0.2, 0.25) is 10.0 Å². The van der Waals surface area contributed by atoms with E-state index in [2.05, 4.69) is 36.9 Å². The largest absolute Gasteiger partial charge is 0.493 e. The third kappa shape index (κ3) is 5.41. The molecule has 0 radical (unpaired) electrons. The van der Waals surface area contributed by atoms with Gasteiger partial charge in [0.25, 0.3) is 5.91 Å². The Morgan fingerprint density at radius 1 is 1.03 bits per heavy atom. The standard InChI is InChI=1S/C26H32Cl2N2O2/c1-19(2)17-32-24-6-4-3-5-21(24)16-29-12-9-26(10-13-29)11-14-30(18-26)25(31)20-7-8-22(27)23(28)15-20/h3-8,15,19H,9-14,16-18H2,1-2H3. The van der Waals surface area contributed by atoms with Gasteiger partial charge in [-0.3, -0.25) is 9.69 Å². The van der Waals surface area contributed by atoms with Gasteiger partial charge in [-0.1, -0.05) is 55.2 Å². The van der Waals surface area contributed by atoms with Crippen LogP contribution in [0.5, 0.6) is 5.75 Å². The van der Waals surface area contributed by atoms with Crippen molar-refractivity contribution in [1.29, 1.82) is 0 Å². The molecule has 2 aliphatic heterocycles. The summed E-state index contributed by atoms with van der Waals surface area (Å²) in [6.07, 6.45) is 3.31. The first kappa shape index (κ1) is 23.4. The molecular weight excluding hydrogens is 443 g/mol. The Bertz CT molecular complexity index is 955. The predicted molar refractivity (Wildman–Crippen MR) is 131 cm³/mol. The predicted octanol–water partition coefficient (Wildman–Crippen LogP) is 6.16. The zero-order valence-corrected chi connectivity index (χ0v) is 20.5. The molecule has 172 valence electrons. The third-order valence-electron chi connectivity index (χ3n) is 6.75. The molecule has 2 fully saturated rings. The summed E-state index contributed by atoms with van der Waals surface area (Å²) < 4.78 is 6.04. The number of para-hydroxylation sites is 1. The summed E-state index contributed by atoms with van der Waals surface area (Å²) in [4.78, 5) is 17.5. The second kappa shape index (κ2) is 10.0. The van der Waals surface area contributed by atoms with Crippen LogP contribution in [0.1, 0.15) is 49.0 Å². The summed E-state index contributed by atoms with van der Waals surface area (Å²) in [6, 6.07) is 13.5. The van der Waals surface area contributed by atoms with Crippen molar-refractivity contribution in [1.82, 2.24) is 9.80 Å². The molecule has 1 amide bonds. The van der Waals surface area contributed by atoms with Gasteiger partial charge in [-0.2, -0.15) is 0 Å². The zero-order chi connectivity index (χ0) is 22.7. The Kier molecular flexibility index (Phi) is 7.34. The first-order valence-electron chi connectivity index (χ1n) is 11.5. The van der Waals surface area contributed by atoms with Gasteiger partial charge in [-0.25, -0.2) is 0 Å². The fourth-order valence-electron chi connectivity index (χ4n) is 4.79. The second-order valence-corrected chi connectivity index (χ2v) is 10.5. The first-order chi connectivity index (χ1) is 15.3. The molecule has 2 aromatic carbocycles. The van der Waals surface area contributed by atoms with E-state index >= 15 is 0 Å². The number of halogens is 2. The molecule has 2 saturated heterocycles. The van der Waals surface area contributed by atoms with Crippen molar-refractivity contribution >= 4 is 29.1 Å². The van der Waals surface area contributed by atoms with Gasteiger partial charge in [-0.05, 0) is 68.0 Å². The van der Waals surface area contributed by atoms with Gasteiger partial charge in [-0.15, -0.1) is 0 Å². The Morgan fingerprint density at radius 2 is 1.75 bits per heavy atom. The molecular formula is C26H32Cl2N2O2. The molecule has 2 heterocycles. The van der Waals surface area contributed by atoms with E-state index in [1.807, 2.05) is 11.0 Å². The average Bonchev–Trinajstić information content (AvgIpc) is 3.20. The van der Waals surface area contributed by atoms with Crippen LogP contribution in [0.4, 0.5) is 0 Å². The van der Waals surface area contributed by atoms with Gasteiger partial charge in [0.15, 0.2) is 0 Å². The van der Waals surface area contributed by atoms with E-state index < -0.39 is 0 Å². The number of carbonyl (C=O) groups excluding carboxylic acids is 1. The molecule has 0 atom stereocenters. The van der Waals surface area contributed by atoms with Gasteiger partial charge < -0.3 is 9.64 Å². The van der Waals surface area contributed by atoms with E-state index in [4.69, 9.17) is 27.9 Å². The maximum absolute atomic E-state index is 13.0. The summed E-state index contributed by atoms with van der Waals surface area (Å²) in [5, 5.41) is 0.905. The van der Waals surface area contributed by atoms with Crippen LogP contribution < -0.4 is 4.74 Å². The van der Waals surface area contributed by atoms with Crippen LogP contribution in [-0.4, -0.2) is 48.5 Å². The second-order valence-electron chi connectivity index (χ2n) is 9.69. The molecule has 0 saturated carbocycles. The average molecular weight is 475 g/mol. The monoisotopic (exact) mass is 474 g/mol. The lowest BCUT2D eigenvalue weighted by atomic mass is 9.77. The lowest BCUT2D eigenvalue weighted by Gasteiger charge is -2.39. The minimum atomic E-state index is 0.0547. The maximum Gasteiger partial charge on any atom is 0.253 e. The molecule has 0 N–H and O–H groups in total. The summed E-state index contributed by atoms with van der Waals surface area (Å²) in [6.45, 7) is 9.73. The summed E-state index contributed by atoms with van der Waals surface area (Å²) in [5.41, 5.74) is 2.11. The number of benzene rings is 2. The van der Waals surface area contributed by atoms with E-state index in [1.54, 1.807) is 18.2 Å². The van der Waals surface area contributed by atoms with Crippen LogP contribution >= 0.6 is 23.2 Å². The van der Waals surface area contributed by atoms with E-state index in [9.17, 15) is 4.79 Å². The van der Waals surface area contributed by atoms with Gasteiger partial charge in [0.2, 0.25) is 0 Å². The number of piperidine rings is 1. The number of hydrogen-bond donors (Lipinski definition) is 0. The molecule has 0 bridgehead atoms. The molecule has 4 rings (SSSR count). The highest BCUT2D eigenvalue weighted by Crippen LogP contribution is 2.41. The van der Waals surface area contributed by atoms with Crippen molar-refractivity contribution in [2.24, 2.45) is 11.3 Å². The quantitative estimate of drug-likeness (QED) is 0.502. The van der Waals surface area contributed by atoms with Gasteiger partial charge in [0, 0.05) is 30.8 Å². The molecule has 0 aliphatic carbocycles. The number of hydrogen-bond acceptors (Lipinski definition) is 3. The number of nitrogens with zero attached hydrogens (tertiary/aromatic N) is 2. The number of rotatable bonds is 6. The lowest BCUT2D eigenvalue weighted by Crippen LogP contribution is -2.42. The number of likely N-dealkylation sites (tertiary alicyclic amines) is 2. The first-order valence-corrected chi connectivity index (χ1v) is 12.3. The Morgan fingerprint density at radius 3 is 2.47 bits per heavy atom. The molecule has 32 heavy (non-hydrogen) atoms. The highest BCUT2D eigenvalue weighted by molar-refractivity contribution is 6.42. The van der Waals surface area contributed by atoms with E-state index in [0.717, 1.165) is 64.3 Å². The minimum absolute atomic E-state index is 0.0547. The maximum atomic E-state index is 13.0. The molecule has 2 aliphatic rings. The molecule has 0 aromatic heterocycles. The summed E-state index contributed by atoms with van der Waals surface area (Å²) in [5.74, 6) is 1.56. The van der Waals surface area contributed by atoms with Crippen molar-refractivity contribution in [3.05, 3.63) is 63.6 Å². The molecule has 6 heteroatoms. The zero-order valence-electron chi connectivity index (χ0n) is 18.9. The van der Waals surface area contributed by atoms with Gasteiger partial charge in [0.1, 0.15) is 5.75 Å². The smallest absolute Gasteiger partial charge is 0.253 e. The van der Waals surface area contributed by atoms with Crippen LogP contribution in [0.15, 0.2) is 42.5 Å². The summed E-state index contributed by atoms with van der Waals surface area (Å²) >= 11 is 12.1. The third-order valence-corrected chi connectivity index (χ3v) is 7.49. The van der Waals surface area contributed by atoms with Crippen LogP contribution in [0.3, 0.4) is 0 Å². The highest BCUT2D eigenvalue weighted by atomic mass is 35.5. The molecule has 0 unspecified atom stereocenters. The van der Waals surface area contributed by atoms with Crippen LogP contribution in [-0.2, 0) is 6.54 Å². The summed E-state index contributed by atoms with van der Waals surface area (Å²) in [7, 11) is 0. The normalized spacial score (nSPS) is 18.5. The number of amides is 1. The fourth-order valence-corrected chi connectivity index (χ4v) is 5.08. The Hall–Kier alpha value is -1.75. The van der Waals surface area contributed by atoms with Crippen LogP contribution in [0.25, 0.3) is 0 Å². The van der Waals surface area contributed by atoms with Gasteiger partial charge in [0.05, 0.1) is 16.7 Å². The molecule has 1 spiro atoms. The topological polar surface area (TPSA) is 32.8 Å². The Labute approximate surface area is 201 Å². The molecule has 2 aromatic rings. The lowest BCUT2D eigenvalue weighted by molar-refractivity contribution is 0.0712. The van der Waals surface area contributed by atoms with Crippen molar-refractivity contribution in [2.75, 3.05) is 32.8 Å². The van der Waals surface area contributed by atoms with Crippen molar-refractivity contribution in [2.45, 2.75) is 39.7 Å². The van der Waals surface area contributed by atoms with E-state index in [-0.39, 0.29) is 11.3 Å². The van der Waals surface area contributed by atoms with Crippen LogP contribution in [0, 0.1) is 11.3 Å². The number of carbonyl (C=O) groups is 1. The van der Waals surface area contributed by atoms with Crippen molar-refractivity contribution < 1.29 is 9.53 Å². The number of ether oxygens (including phenoxy) is 1. The molecule has 4 nitrogen and oxygen atoms in total. The van der Waals surface area contributed by atoms with Gasteiger partial charge >= 0.3 is 0 Å². The highest BCUT2D eigenvalue weighted by Gasteiger charge is 2.42. The van der Waals surface area contributed by atoms with E-state index in [1.165, 1.54) is 5.56 Å². The van der Waals surface area contributed by atoms with Crippen molar-refractivity contribution in [3.63, 3.8) is 0 Å². The fraction of sp³-hybridized carbons (Fsp3) is 0.500. The van der Waals surface area contributed by atoms with Crippen molar-refractivity contribution in [3.8, 4) is 5.75 Å². The Balaban J connectivity index is 1.33. The van der Waals surface area contributed by atoms with E-state index in [0.29, 0.717) is 21.5 Å². The minimum Gasteiger partial charge on any atom is -0.493 e.